The van der Waals surface area contributed by atoms with Crippen LogP contribution < -0.4 is 5.32 Å². The number of rotatable bonds is 4. The summed E-state index contributed by atoms with van der Waals surface area (Å²) in [4.78, 5) is 25.5. The van der Waals surface area contributed by atoms with Crippen LogP contribution in [0.3, 0.4) is 0 Å². The molecule has 1 heterocycles. The molecule has 0 radical (unpaired) electrons. The van der Waals surface area contributed by atoms with Crippen LogP contribution in [0, 0.1) is 5.82 Å². The molecule has 1 aliphatic heterocycles. The Labute approximate surface area is 137 Å². The standard InChI is InChI=1S/C17H14ClFN2O2/c18-13-7-4-8-14(19)12(13)10-21-16(22)15(20-17(21)23)9-11-5-2-1-3-6-11/h1-8,15H,9-10H2,(H,20,23). The van der Waals surface area contributed by atoms with Gasteiger partial charge < -0.3 is 5.32 Å². The van der Waals surface area contributed by atoms with Crippen molar-refractivity contribution >= 4 is 23.5 Å². The van der Waals surface area contributed by atoms with Crippen molar-refractivity contribution in [3.63, 3.8) is 0 Å². The smallest absolute Gasteiger partial charge is 0.325 e. The van der Waals surface area contributed by atoms with Gasteiger partial charge in [-0.05, 0) is 17.7 Å². The van der Waals surface area contributed by atoms with Crippen molar-refractivity contribution in [2.75, 3.05) is 0 Å². The fourth-order valence-corrected chi connectivity index (χ4v) is 2.78. The number of amides is 3. The Hall–Kier alpha value is -2.40. The molecule has 1 aliphatic rings. The lowest BCUT2D eigenvalue weighted by molar-refractivity contribution is -0.127. The number of halogens is 2. The monoisotopic (exact) mass is 332 g/mol. The molecule has 0 aromatic heterocycles. The van der Waals surface area contributed by atoms with Crippen LogP contribution >= 0.6 is 11.6 Å². The van der Waals surface area contributed by atoms with Gasteiger partial charge in [-0.15, -0.1) is 0 Å². The maximum Gasteiger partial charge on any atom is 0.325 e. The van der Waals surface area contributed by atoms with Crippen LogP contribution in [-0.2, 0) is 17.8 Å². The Bertz CT molecular complexity index is 731. The first-order chi connectivity index (χ1) is 11.1. The highest BCUT2D eigenvalue weighted by Crippen LogP contribution is 2.23. The lowest BCUT2D eigenvalue weighted by atomic mass is 10.1. The van der Waals surface area contributed by atoms with Gasteiger partial charge in [-0.25, -0.2) is 9.18 Å². The summed E-state index contributed by atoms with van der Waals surface area (Å²) in [6, 6.07) is 12.5. The predicted octanol–water partition coefficient (Wildman–Crippen LogP) is 3.14. The fraction of sp³-hybridized carbons (Fsp3) is 0.176. The van der Waals surface area contributed by atoms with E-state index in [4.69, 9.17) is 11.6 Å². The zero-order chi connectivity index (χ0) is 16.4. The highest BCUT2D eigenvalue weighted by atomic mass is 35.5. The third kappa shape index (κ3) is 3.19. The lowest BCUT2D eigenvalue weighted by Crippen LogP contribution is -2.32. The molecular weight excluding hydrogens is 319 g/mol. The first-order valence-corrected chi connectivity index (χ1v) is 7.53. The number of hydrogen-bond acceptors (Lipinski definition) is 2. The third-order valence-electron chi connectivity index (χ3n) is 3.77. The van der Waals surface area contributed by atoms with E-state index < -0.39 is 17.9 Å². The molecule has 1 fully saturated rings. The molecule has 0 spiro atoms. The van der Waals surface area contributed by atoms with Crippen molar-refractivity contribution < 1.29 is 14.0 Å². The van der Waals surface area contributed by atoms with E-state index >= 15 is 0 Å². The van der Waals surface area contributed by atoms with Crippen LogP contribution in [0.5, 0.6) is 0 Å². The molecule has 0 bridgehead atoms. The minimum absolute atomic E-state index is 0.137. The topological polar surface area (TPSA) is 49.4 Å². The molecule has 23 heavy (non-hydrogen) atoms. The zero-order valence-electron chi connectivity index (χ0n) is 12.1. The predicted molar refractivity (Wildman–Crippen MR) is 84.4 cm³/mol. The van der Waals surface area contributed by atoms with E-state index in [1.165, 1.54) is 18.2 Å². The van der Waals surface area contributed by atoms with Gasteiger partial charge in [-0.1, -0.05) is 48.0 Å². The molecule has 1 unspecified atom stereocenters. The highest BCUT2D eigenvalue weighted by molar-refractivity contribution is 6.31. The summed E-state index contributed by atoms with van der Waals surface area (Å²) in [5.74, 6) is -0.914. The molecule has 1 saturated heterocycles. The quantitative estimate of drug-likeness (QED) is 0.874. The van der Waals surface area contributed by atoms with Gasteiger partial charge in [0.1, 0.15) is 11.9 Å². The molecule has 2 aromatic rings. The maximum atomic E-state index is 13.8. The number of hydrogen-bond donors (Lipinski definition) is 1. The minimum atomic E-state index is -0.643. The van der Waals surface area contributed by atoms with Gasteiger partial charge in [0.25, 0.3) is 5.91 Å². The number of imide groups is 1. The summed E-state index contributed by atoms with van der Waals surface area (Å²) in [6.45, 7) is -0.179. The van der Waals surface area contributed by atoms with E-state index in [1.54, 1.807) is 0 Å². The van der Waals surface area contributed by atoms with Crippen molar-refractivity contribution in [1.29, 1.82) is 0 Å². The summed E-state index contributed by atoms with van der Waals surface area (Å²) in [5.41, 5.74) is 1.08. The molecule has 0 saturated carbocycles. The normalized spacial score (nSPS) is 17.5. The zero-order valence-corrected chi connectivity index (χ0v) is 12.9. The van der Waals surface area contributed by atoms with Crippen LogP contribution in [0.2, 0.25) is 5.02 Å². The Morgan fingerprint density at radius 2 is 1.83 bits per heavy atom. The summed E-state index contributed by atoms with van der Waals surface area (Å²) in [7, 11) is 0. The van der Waals surface area contributed by atoms with Crippen molar-refractivity contribution in [3.05, 3.63) is 70.5 Å². The van der Waals surface area contributed by atoms with Gasteiger partial charge in [-0.2, -0.15) is 0 Å². The first-order valence-electron chi connectivity index (χ1n) is 7.15. The van der Waals surface area contributed by atoms with Gasteiger partial charge in [0.05, 0.1) is 6.54 Å². The van der Waals surface area contributed by atoms with Gasteiger partial charge >= 0.3 is 6.03 Å². The van der Waals surface area contributed by atoms with Crippen LogP contribution in [0.4, 0.5) is 9.18 Å². The number of carbonyl (C=O) groups is 2. The lowest BCUT2D eigenvalue weighted by Gasteiger charge is -2.14. The van der Waals surface area contributed by atoms with Gasteiger partial charge in [0.15, 0.2) is 0 Å². The number of carbonyl (C=O) groups excluding carboxylic acids is 2. The second kappa shape index (κ2) is 6.38. The second-order valence-corrected chi connectivity index (χ2v) is 5.72. The van der Waals surface area contributed by atoms with Gasteiger partial charge in [0.2, 0.25) is 0 Å². The number of nitrogens with zero attached hydrogens (tertiary/aromatic N) is 1. The summed E-state index contributed by atoms with van der Waals surface area (Å²) >= 11 is 5.96. The van der Waals surface area contributed by atoms with Gasteiger partial charge in [-0.3, -0.25) is 9.69 Å². The van der Waals surface area contributed by atoms with Crippen LogP contribution in [0.1, 0.15) is 11.1 Å². The van der Waals surface area contributed by atoms with Gasteiger partial charge in [0, 0.05) is 17.0 Å². The Morgan fingerprint density at radius 1 is 1.09 bits per heavy atom. The minimum Gasteiger partial charge on any atom is -0.325 e. The van der Waals surface area contributed by atoms with Crippen molar-refractivity contribution in [2.45, 2.75) is 19.0 Å². The molecule has 3 amide bonds. The Balaban J connectivity index is 1.77. The van der Waals surface area contributed by atoms with Crippen LogP contribution in [-0.4, -0.2) is 22.9 Å². The molecular formula is C17H14ClFN2O2. The maximum absolute atomic E-state index is 13.8. The number of benzene rings is 2. The molecule has 3 rings (SSSR count). The van der Waals surface area contributed by atoms with Crippen LogP contribution in [0.15, 0.2) is 48.5 Å². The molecule has 118 valence electrons. The van der Waals surface area contributed by atoms with E-state index in [9.17, 15) is 14.0 Å². The van der Waals surface area contributed by atoms with E-state index in [2.05, 4.69) is 5.32 Å². The van der Waals surface area contributed by atoms with Crippen molar-refractivity contribution in [2.24, 2.45) is 0 Å². The Morgan fingerprint density at radius 3 is 2.52 bits per heavy atom. The Kier molecular flexibility index (Phi) is 4.30. The SMILES string of the molecule is O=C1NC(Cc2ccccc2)C(=O)N1Cc1c(F)cccc1Cl. The third-order valence-corrected chi connectivity index (χ3v) is 4.12. The van der Waals surface area contributed by atoms with E-state index in [-0.39, 0.29) is 23.0 Å². The number of nitrogens with one attached hydrogen (secondary N) is 1. The molecule has 0 aliphatic carbocycles. The summed E-state index contributed by atoms with van der Waals surface area (Å²) < 4.78 is 13.8. The van der Waals surface area contributed by atoms with Crippen LogP contribution in [0.25, 0.3) is 0 Å². The average Bonchev–Trinajstić information content (AvgIpc) is 2.79. The number of urea groups is 1. The highest BCUT2D eigenvalue weighted by Gasteiger charge is 2.38. The average molecular weight is 333 g/mol. The summed E-state index contributed by atoms with van der Waals surface area (Å²) in [6.07, 6.45) is 0.396. The van der Waals surface area contributed by atoms with Crippen molar-refractivity contribution in [1.82, 2.24) is 10.2 Å². The molecule has 6 heteroatoms. The van der Waals surface area contributed by atoms with E-state index in [0.717, 1.165) is 10.5 Å². The first kappa shape index (κ1) is 15.5. The van der Waals surface area contributed by atoms with E-state index in [0.29, 0.717) is 6.42 Å². The molecule has 1 N–H and O–H groups in total. The molecule has 2 aromatic carbocycles. The largest absolute Gasteiger partial charge is 0.325 e. The molecule has 4 nitrogen and oxygen atoms in total. The van der Waals surface area contributed by atoms with Crippen molar-refractivity contribution in [3.8, 4) is 0 Å². The molecule has 1 atom stereocenters. The van der Waals surface area contributed by atoms with E-state index in [1.807, 2.05) is 30.3 Å². The summed E-state index contributed by atoms with van der Waals surface area (Å²) in [5, 5.41) is 2.83. The second-order valence-electron chi connectivity index (χ2n) is 5.32. The fourth-order valence-electron chi connectivity index (χ4n) is 2.56.